The minimum absolute atomic E-state index is 0.0462. The van der Waals surface area contributed by atoms with Gasteiger partial charge in [0.05, 0.1) is 0 Å². The molecular formula is C17H18N2OS. The highest BCUT2D eigenvalue weighted by molar-refractivity contribution is 7.99. The van der Waals surface area contributed by atoms with Gasteiger partial charge >= 0.3 is 0 Å². The summed E-state index contributed by atoms with van der Waals surface area (Å²) in [6.07, 6.45) is 2.67. The molecule has 0 saturated carbocycles. The van der Waals surface area contributed by atoms with Gasteiger partial charge in [-0.25, -0.2) is 0 Å². The summed E-state index contributed by atoms with van der Waals surface area (Å²) in [4.78, 5) is 18.5. The van der Waals surface area contributed by atoms with Crippen molar-refractivity contribution in [3.63, 3.8) is 0 Å². The Morgan fingerprint density at radius 1 is 1.10 bits per heavy atom. The second-order valence-electron chi connectivity index (χ2n) is 5.07. The summed E-state index contributed by atoms with van der Waals surface area (Å²) in [6, 6.07) is 16.0. The van der Waals surface area contributed by atoms with E-state index in [0.717, 1.165) is 25.3 Å². The Bertz CT molecular complexity index is 588. The number of pyridine rings is 1. The van der Waals surface area contributed by atoms with Crippen molar-refractivity contribution in [1.82, 2.24) is 9.88 Å². The van der Waals surface area contributed by atoms with Crippen molar-refractivity contribution < 1.29 is 4.79 Å². The van der Waals surface area contributed by atoms with E-state index in [2.05, 4.69) is 29.2 Å². The van der Waals surface area contributed by atoms with Gasteiger partial charge in [-0.2, -0.15) is 11.8 Å². The van der Waals surface area contributed by atoms with E-state index >= 15 is 0 Å². The lowest BCUT2D eigenvalue weighted by Gasteiger charge is -2.19. The van der Waals surface area contributed by atoms with Crippen molar-refractivity contribution in [2.75, 3.05) is 18.8 Å². The van der Waals surface area contributed by atoms with Gasteiger partial charge in [0.15, 0.2) is 0 Å². The van der Waals surface area contributed by atoms with Crippen LogP contribution in [0.4, 0.5) is 0 Å². The molecule has 4 heteroatoms. The second-order valence-corrected chi connectivity index (χ2v) is 6.38. The summed E-state index contributed by atoms with van der Waals surface area (Å²) >= 11 is 1.94. The lowest BCUT2D eigenvalue weighted by molar-refractivity contribution is 0.0760. The molecule has 0 spiro atoms. The molecule has 1 fully saturated rings. The largest absolute Gasteiger partial charge is 0.336 e. The molecule has 1 aromatic carbocycles. The van der Waals surface area contributed by atoms with Gasteiger partial charge in [0.2, 0.25) is 0 Å². The van der Waals surface area contributed by atoms with Crippen molar-refractivity contribution in [2.45, 2.75) is 11.7 Å². The molecule has 0 aliphatic carbocycles. The van der Waals surface area contributed by atoms with Crippen molar-refractivity contribution >= 4 is 17.7 Å². The average molecular weight is 298 g/mol. The maximum Gasteiger partial charge on any atom is 0.272 e. The Morgan fingerprint density at radius 2 is 1.90 bits per heavy atom. The summed E-state index contributed by atoms with van der Waals surface area (Å²) in [7, 11) is 0. The Kier molecular flexibility index (Phi) is 4.55. The van der Waals surface area contributed by atoms with Gasteiger partial charge < -0.3 is 4.90 Å². The lowest BCUT2D eigenvalue weighted by Crippen LogP contribution is -2.33. The van der Waals surface area contributed by atoms with E-state index in [-0.39, 0.29) is 5.91 Å². The third-order valence-electron chi connectivity index (χ3n) is 3.68. The van der Waals surface area contributed by atoms with Crippen LogP contribution in [0.1, 0.15) is 27.7 Å². The van der Waals surface area contributed by atoms with Crippen molar-refractivity contribution in [3.05, 3.63) is 66.0 Å². The highest BCUT2D eigenvalue weighted by Gasteiger charge is 2.23. The molecule has 0 N–H and O–H groups in total. The number of carbonyl (C=O) groups excluding carboxylic acids is 1. The molecule has 1 saturated heterocycles. The van der Waals surface area contributed by atoms with E-state index in [4.69, 9.17) is 0 Å². The normalized spacial score (nSPS) is 19.0. The van der Waals surface area contributed by atoms with Gasteiger partial charge in [-0.1, -0.05) is 36.4 Å². The van der Waals surface area contributed by atoms with Gasteiger partial charge in [-0.3, -0.25) is 9.78 Å². The smallest absolute Gasteiger partial charge is 0.272 e. The minimum Gasteiger partial charge on any atom is -0.336 e. The van der Waals surface area contributed by atoms with Crippen LogP contribution in [-0.2, 0) is 0 Å². The first kappa shape index (κ1) is 14.1. The highest BCUT2D eigenvalue weighted by atomic mass is 32.2. The van der Waals surface area contributed by atoms with E-state index in [1.165, 1.54) is 5.56 Å². The average Bonchev–Trinajstić information content (AvgIpc) is 2.82. The Morgan fingerprint density at radius 3 is 2.67 bits per heavy atom. The molecule has 3 nitrogen and oxygen atoms in total. The first-order chi connectivity index (χ1) is 10.3. The fourth-order valence-corrected chi connectivity index (χ4v) is 3.79. The molecule has 0 radical (unpaired) electrons. The number of amides is 1. The predicted molar refractivity (Wildman–Crippen MR) is 86.4 cm³/mol. The van der Waals surface area contributed by atoms with Gasteiger partial charge in [0, 0.05) is 30.3 Å². The molecule has 1 atom stereocenters. The maximum atomic E-state index is 12.4. The summed E-state index contributed by atoms with van der Waals surface area (Å²) in [5.74, 6) is 1.02. The maximum absolute atomic E-state index is 12.4. The van der Waals surface area contributed by atoms with Crippen LogP contribution < -0.4 is 0 Å². The van der Waals surface area contributed by atoms with Gasteiger partial charge in [0.25, 0.3) is 5.91 Å². The summed E-state index contributed by atoms with van der Waals surface area (Å²) < 4.78 is 0. The van der Waals surface area contributed by atoms with Crippen molar-refractivity contribution in [2.24, 2.45) is 0 Å². The van der Waals surface area contributed by atoms with E-state index in [9.17, 15) is 4.79 Å². The fourth-order valence-electron chi connectivity index (χ4n) is 2.56. The molecule has 2 heterocycles. The second kappa shape index (κ2) is 6.76. The third-order valence-corrected chi connectivity index (χ3v) is 5.01. The number of rotatable bonds is 2. The van der Waals surface area contributed by atoms with Crippen LogP contribution in [0, 0.1) is 0 Å². The zero-order chi connectivity index (χ0) is 14.5. The number of nitrogens with zero attached hydrogens (tertiary/aromatic N) is 2. The summed E-state index contributed by atoms with van der Waals surface area (Å²) in [6.45, 7) is 1.59. The van der Waals surface area contributed by atoms with E-state index < -0.39 is 0 Å². The molecule has 2 aromatic rings. The van der Waals surface area contributed by atoms with Crippen molar-refractivity contribution in [1.29, 1.82) is 0 Å². The lowest BCUT2D eigenvalue weighted by atomic mass is 10.1. The number of hydrogen-bond acceptors (Lipinski definition) is 3. The van der Waals surface area contributed by atoms with E-state index in [1.807, 2.05) is 34.9 Å². The molecule has 0 bridgehead atoms. The molecule has 3 rings (SSSR count). The third kappa shape index (κ3) is 3.45. The van der Waals surface area contributed by atoms with Crippen LogP contribution in [0.5, 0.6) is 0 Å². The van der Waals surface area contributed by atoms with Crippen LogP contribution >= 0.6 is 11.8 Å². The number of aromatic nitrogens is 1. The first-order valence-corrected chi connectivity index (χ1v) is 8.26. The van der Waals surface area contributed by atoms with Crippen LogP contribution in [0.3, 0.4) is 0 Å². The molecular weight excluding hydrogens is 280 g/mol. The highest BCUT2D eigenvalue weighted by Crippen LogP contribution is 2.34. The minimum atomic E-state index is 0.0462. The standard InChI is InChI=1S/C17H18N2OS/c20-17(15-8-4-5-10-18-15)19-11-9-16(21-13-12-19)14-6-2-1-3-7-14/h1-8,10,16H,9,11-13H2/t16-/m0/s1. The predicted octanol–water partition coefficient (Wildman–Crippen LogP) is 3.40. The topological polar surface area (TPSA) is 33.2 Å². The van der Waals surface area contributed by atoms with Crippen LogP contribution in [-0.4, -0.2) is 34.6 Å². The number of hydrogen-bond donors (Lipinski definition) is 0. The number of carbonyl (C=O) groups is 1. The van der Waals surface area contributed by atoms with Crippen LogP contribution in [0.25, 0.3) is 0 Å². The zero-order valence-electron chi connectivity index (χ0n) is 11.8. The molecule has 21 heavy (non-hydrogen) atoms. The Balaban J connectivity index is 1.67. The molecule has 1 aliphatic heterocycles. The molecule has 108 valence electrons. The summed E-state index contributed by atoms with van der Waals surface area (Å²) in [5, 5.41) is 0.479. The quantitative estimate of drug-likeness (QED) is 0.852. The monoisotopic (exact) mass is 298 g/mol. The van der Waals surface area contributed by atoms with Crippen molar-refractivity contribution in [3.8, 4) is 0 Å². The first-order valence-electron chi connectivity index (χ1n) is 7.21. The molecule has 1 amide bonds. The summed E-state index contributed by atoms with van der Waals surface area (Å²) in [5.41, 5.74) is 1.90. The van der Waals surface area contributed by atoms with Crippen LogP contribution in [0.2, 0.25) is 0 Å². The van der Waals surface area contributed by atoms with Gasteiger partial charge in [-0.05, 0) is 24.1 Å². The molecule has 1 aliphatic rings. The van der Waals surface area contributed by atoms with E-state index in [1.54, 1.807) is 12.3 Å². The van der Waals surface area contributed by atoms with Gasteiger partial charge in [-0.15, -0.1) is 0 Å². The molecule has 0 unspecified atom stereocenters. The number of thioether (sulfide) groups is 1. The Labute approximate surface area is 129 Å². The van der Waals surface area contributed by atoms with E-state index in [0.29, 0.717) is 10.9 Å². The van der Waals surface area contributed by atoms with Gasteiger partial charge in [0.1, 0.15) is 5.69 Å². The zero-order valence-corrected chi connectivity index (χ0v) is 12.6. The van der Waals surface area contributed by atoms with Crippen LogP contribution in [0.15, 0.2) is 54.7 Å². The molecule has 1 aromatic heterocycles. The fraction of sp³-hybridized carbons (Fsp3) is 0.294. The number of benzene rings is 1. The Hall–Kier alpha value is -1.81. The SMILES string of the molecule is O=C(c1ccccn1)N1CCS[C@H](c2ccccc2)CC1.